The van der Waals surface area contributed by atoms with Crippen LogP contribution in [0.15, 0.2) is 0 Å². The van der Waals surface area contributed by atoms with Gasteiger partial charge in [0.15, 0.2) is 11.2 Å². The molecule has 0 aromatic carbocycles. The molecule has 2 aliphatic rings. The number of Topliss-reactive ketones (excluding diaryl/α,β-unsaturated/α-hetero) is 1. The molecule has 0 bridgehead atoms. The summed E-state index contributed by atoms with van der Waals surface area (Å²) in [5.74, 6) is -1.12. The van der Waals surface area contributed by atoms with E-state index in [0.29, 0.717) is 6.61 Å². The molecule has 1 saturated carbocycles. The van der Waals surface area contributed by atoms with E-state index in [1.807, 2.05) is 0 Å². The Morgan fingerprint density at radius 1 is 1.50 bits per heavy atom. The molecule has 1 atom stereocenters. The Hall–Kier alpha value is -0.900. The predicted molar refractivity (Wildman–Crippen MR) is 47.9 cm³/mol. The van der Waals surface area contributed by atoms with Gasteiger partial charge in [-0.2, -0.15) is 0 Å². The summed E-state index contributed by atoms with van der Waals surface area (Å²) in [7, 11) is 0. The number of carbonyl (C=O) groups is 2. The second-order valence-corrected chi connectivity index (χ2v) is 4.13. The van der Waals surface area contributed by atoms with Gasteiger partial charge < -0.3 is 9.84 Å². The van der Waals surface area contributed by atoms with Crippen LogP contribution in [0, 0.1) is 11.3 Å². The van der Waals surface area contributed by atoms with Crippen LogP contribution < -0.4 is 0 Å². The van der Waals surface area contributed by atoms with Crippen molar-refractivity contribution in [2.75, 3.05) is 13.2 Å². The molecular formula is C10H14O4. The molecule has 78 valence electrons. The van der Waals surface area contributed by atoms with Gasteiger partial charge >= 0.3 is 5.97 Å². The highest BCUT2D eigenvalue weighted by Crippen LogP contribution is 2.45. The van der Waals surface area contributed by atoms with Gasteiger partial charge in [0, 0.05) is 6.42 Å². The molecule has 0 radical (unpaired) electrons. The highest BCUT2D eigenvalue weighted by atomic mass is 16.5. The van der Waals surface area contributed by atoms with Crippen molar-refractivity contribution in [2.24, 2.45) is 11.3 Å². The zero-order valence-electron chi connectivity index (χ0n) is 7.99. The number of hydrogen-bond acceptors (Lipinski definition) is 3. The Bertz CT molecular complexity index is 269. The molecule has 1 aliphatic heterocycles. The predicted octanol–water partition coefficient (Wildman–Crippen LogP) is 0.847. The molecule has 0 aromatic rings. The molecule has 2 fully saturated rings. The van der Waals surface area contributed by atoms with Crippen molar-refractivity contribution in [3.8, 4) is 0 Å². The number of carboxylic acids is 1. The molecule has 2 rings (SSSR count). The van der Waals surface area contributed by atoms with Crippen molar-refractivity contribution in [3.05, 3.63) is 0 Å². The van der Waals surface area contributed by atoms with Crippen LogP contribution in [-0.2, 0) is 14.3 Å². The average Bonchev–Trinajstić information content (AvgIpc) is 2.05. The quantitative estimate of drug-likeness (QED) is 0.668. The summed E-state index contributed by atoms with van der Waals surface area (Å²) in [6.45, 7) is 0.451. The lowest BCUT2D eigenvalue weighted by Gasteiger charge is -2.42. The third-order valence-corrected chi connectivity index (χ3v) is 3.48. The Morgan fingerprint density at radius 3 is 2.64 bits per heavy atom. The molecule has 4 nitrogen and oxygen atoms in total. The van der Waals surface area contributed by atoms with Crippen molar-refractivity contribution in [3.63, 3.8) is 0 Å². The maximum Gasteiger partial charge on any atom is 0.319 e. The Morgan fingerprint density at radius 2 is 2.21 bits per heavy atom. The fraction of sp³-hybridized carbons (Fsp3) is 0.800. The third-order valence-electron chi connectivity index (χ3n) is 3.48. The zero-order chi connectivity index (χ0) is 10.2. The first-order chi connectivity index (χ1) is 6.68. The maximum absolute atomic E-state index is 11.7. The molecular weight excluding hydrogens is 184 g/mol. The summed E-state index contributed by atoms with van der Waals surface area (Å²) < 4.78 is 5.17. The van der Waals surface area contributed by atoms with Crippen LogP contribution >= 0.6 is 0 Å². The Balaban J connectivity index is 2.27. The summed E-state index contributed by atoms with van der Waals surface area (Å²) in [6.07, 6.45) is 2.98. The Labute approximate surface area is 82.2 Å². The molecule has 1 N–H and O–H groups in total. The molecule has 1 heterocycles. The largest absolute Gasteiger partial charge is 0.480 e. The lowest BCUT2D eigenvalue weighted by molar-refractivity contribution is -0.173. The number of ether oxygens (including phenoxy) is 1. The minimum absolute atomic E-state index is 0.00722. The van der Waals surface area contributed by atoms with E-state index in [9.17, 15) is 14.7 Å². The second kappa shape index (κ2) is 3.35. The minimum Gasteiger partial charge on any atom is -0.480 e. The maximum atomic E-state index is 11.7. The normalized spacial score (nSPS) is 33.9. The molecule has 0 spiro atoms. The number of hydrogen-bond donors (Lipinski definition) is 1. The van der Waals surface area contributed by atoms with Crippen molar-refractivity contribution < 1.29 is 19.4 Å². The standard InChI is InChI=1S/C10H14O4/c11-8-4-5-14-6-10(8,9(12)13)7-2-1-3-7/h7H,1-6H2,(H,12,13). The summed E-state index contributed by atoms with van der Waals surface area (Å²) in [4.78, 5) is 23.0. The summed E-state index contributed by atoms with van der Waals surface area (Å²) >= 11 is 0. The molecule has 14 heavy (non-hydrogen) atoms. The fourth-order valence-electron chi connectivity index (χ4n) is 2.30. The van der Waals surface area contributed by atoms with Gasteiger partial charge in [-0.15, -0.1) is 0 Å². The van der Waals surface area contributed by atoms with E-state index in [2.05, 4.69) is 0 Å². The first-order valence-electron chi connectivity index (χ1n) is 5.02. The number of rotatable bonds is 2. The van der Waals surface area contributed by atoms with Crippen molar-refractivity contribution in [2.45, 2.75) is 25.7 Å². The van der Waals surface area contributed by atoms with Crippen LogP contribution in [0.4, 0.5) is 0 Å². The molecule has 4 heteroatoms. The van der Waals surface area contributed by atoms with E-state index >= 15 is 0 Å². The van der Waals surface area contributed by atoms with E-state index in [1.54, 1.807) is 0 Å². The second-order valence-electron chi connectivity index (χ2n) is 4.13. The zero-order valence-corrected chi connectivity index (χ0v) is 7.99. The van der Waals surface area contributed by atoms with Crippen LogP contribution in [0.1, 0.15) is 25.7 Å². The average molecular weight is 198 g/mol. The molecule has 1 unspecified atom stereocenters. The van der Waals surface area contributed by atoms with Gasteiger partial charge in [-0.1, -0.05) is 6.42 Å². The fourth-order valence-corrected chi connectivity index (χ4v) is 2.30. The Kier molecular flexibility index (Phi) is 2.31. The number of carbonyl (C=O) groups excluding carboxylic acids is 1. The number of ketones is 1. The van der Waals surface area contributed by atoms with Crippen LogP contribution in [0.2, 0.25) is 0 Å². The van der Waals surface area contributed by atoms with Crippen LogP contribution in [0.25, 0.3) is 0 Å². The van der Waals surface area contributed by atoms with Gasteiger partial charge in [0.25, 0.3) is 0 Å². The molecule has 1 saturated heterocycles. The lowest BCUT2D eigenvalue weighted by Crippen LogP contribution is -2.54. The van der Waals surface area contributed by atoms with Gasteiger partial charge in [0.2, 0.25) is 0 Å². The van der Waals surface area contributed by atoms with Gasteiger partial charge in [-0.05, 0) is 18.8 Å². The van der Waals surface area contributed by atoms with Crippen molar-refractivity contribution in [1.82, 2.24) is 0 Å². The van der Waals surface area contributed by atoms with E-state index in [1.165, 1.54) is 0 Å². The first-order valence-corrected chi connectivity index (χ1v) is 5.02. The van der Waals surface area contributed by atoms with E-state index in [0.717, 1.165) is 19.3 Å². The highest BCUT2D eigenvalue weighted by molar-refractivity contribution is 6.04. The van der Waals surface area contributed by atoms with Crippen LogP contribution in [0.5, 0.6) is 0 Å². The SMILES string of the molecule is O=C(O)C1(C2CCC2)COCCC1=O. The summed E-state index contributed by atoms with van der Waals surface area (Å²) in [6, 6.07) is 0. The van der Waals surface area contributed by atoms with E-state index < -0.39 is 11.4 Å². The van der Waals surface area contributed by atoms with Gasteiger partial charge in [-0.25, -0.2) is 0 Å². The molecule has 0 amide bonds. The third kappa shape index (κ3) is 1.17. The smallest absolute Gasteiger partial charge is 0.319 e. The monoisotopic (exact) mass is 198 g/mol. The van der Waals surface area contributed by atoms with Crippen LogP contribution in [-0.4, -0.2) is 30.1 Å². The topological polar surface area (TPSA) is 63.6 Å². The minimum atomic E-state index is -1.21. The van der Waals surface area contributed by atoms with Gasteiger partial charge in [0.1, 0.15) is 0 Å². The molecule has 0 aromatic heterocycles. The van der Waals surface area contributed by atoms with E-state index in [-0.39, 0.29) is 24.7 Å². The van der Waals surface area contributed by atoms with Crippen LogP contribution in [0.3, 0.4) is 0 Å². The number of aliphatic carboxylic acids is 1. The van der Waals surface area contributed by atoms with E-state index in [4.69, 9.17) is 4.74 Å². The van der Waals surface area contributed by atoms with Crippen molar-refractivity contribution >= 4 is 11.8 Å². The van der Waals surface area contributed by atoms with Gasteiger partial charge in [-0.3, -0.25) is 9.59 Å². The molecule has 1 aliphatic carbocycles. The van der Waals surface area contributed by atoms with Gasteiger partial charge in [0.05, 0.1) is 13.2 Å². The summed E-state index contributed by atoms with van der Waals surface area (Å²) in [5.41, 5.74) is -1.21. The first kappa shape index (κ1) is 9.65. The number of carboxylic acid groups (broad SMARTS) is 1. The summed E-state index contributed by atoms with van der Waals surface area (Å²) in [5, 5.41) is 9.19. The van der Waals surface area contributed by atoms with Crippen molar-refractivity contribution in [1.29, 1.82) is 0 Å². The lowest BCUT2D eigenvalue weighted by atomic mass is 9.62. The highest BCUT2D eigenvalue weighted by Gasteiger charge is 2.55.